The molecule has 140 valence electrons. The number of allylic oxidation sites excluding steroid dienone is 1. The molecule has 1 aliphatic heterocycles. The second kappa shape index (κ2) is 7.80. The van der Waals surface area contributed by atoms with E-state index in [0.29, 0.717) is 0 Å². The van der Waals surface area contributed by atoms with Crippen LogP contribution in [0.3, 0.4) is 0 Å². The van der Waals surface area contributed by atoms with E-state index >= 15 is 0 Å². The highest BCUT2D eigenvalue weighted by Crippen LogP contribution is 2.35. The lowest BCUT2D eigenvalue weighted by Crippen LogP contribution is -2.30. The summed E-state index contributed by atoms with van der Waals surface area (Å²) >= 11 is 1.74. The van der Waals surface area contributed by atoms with E-state index in [9.17, 15) is 0 Å². The van der Waals surface area contributed by atoms with Gasteiger partial charge in [0.25, 0.3) is 0 Å². The largest absolute Gasteiger partial charge is 0.340 e. The molecule has 0 N–H and O–H groups in total. The molecule has 1 aromatic heterocycles. The molecule has 3 aromatic rings. The lowest BCUT2D eigenvalue weighted by molar-refractivity contribution is -0.142. The van der Waals surface area contributed by atoms with Crippen LogP contribution in [0.1, 0.15) is 11.3 Å². The lowest BCUT2D eigenvalue weighted by Gasteiger charge is -2.25. The van der Waals surface area contributed by atoms with E-state index in [4.69, 9.17) is 4.84 Å². The van der Waals surface area contributed by atoms with Crippen molar-refractivity contribution in [2.75, 3.05) is 25.0 Å². The van der Waals surface area contributed by atoms with Gasteiger partial charge in [-0.15, -0.1) is 6.58 Å². The van der Waals surface area contributed by atoms with Crippen LogP contribution in [0.4, 0.5) is 5.69 Å². The van der Waals surface area contributed by atoms with E-state index in [1.807, 2.05) is 17.2 Å². The average molecular weight is 380 g/mol. The molecule has 0 spiro atoms. The van der Waals surface area contributed by atoms with Crippen molar-refractivity contribution in [2.24, 2.45) is 0 Å². The molecule has 5 heteroatoms. The van der Waals surface area contributed by atoms with E-state index in [-0.39, 0.29) is 0 Å². The van der Waals surface area contributed by atoms with Crippen molar-refractivity contribution >= 4 is 28.5 Å². The molecule has 0 atom stereocenters. The number of aromatic nitrogens is 1. The number of hydroxylamine groups is 2. The van der Waals surface area contributed by atoms with Gasteiger partial charge in [-0.1, -0.05) is 24.3 Å². The zero-order chi connectivity index (χ0) is 18.8. The average Bonchev–Trinajstić information content (AvgIpc) is 3.01. The van der Waals surface area contributed by atoms with Crippen molar-refractivity contribution in [2.45, 2.75) is 24.4 Å². The van der Waals surface area contributed by atoms with Gasteiger partial charge in [0.1, 0.15) is 0 Å². The summed E-state index contributed by atoms with van der Waals surface area (Å²) in [6.07, 6.45) is 2.98. The van der Waals surface area contributed by atoms with E-state index in [1.54, 1.807) is 19.1 Å². The highest BCUT2D eigenvalue weighted by Gasteiger charge is 2.24. The molecule has 4 nitrogen and oxygen atoms in total. The minimum Gasteiger partial charge on any atom is -0.340 e. The van der Waals surface area contributed by atoms with Crippen LogP contribution in [0.2, 0.25) is 0 Å². The van der Waals surface area contributed by atoms with Gasteiger partial charge in [0.05, 0.1) is 13.7 Å². The van der Waals surface area contributed by atoms with E-state index < -0.39 is 0 Å². The number of hydrogen-bond donors (Lipinski definition) is 0. The summed E-state index contributed by atoms with van der Waals surface area (Å²) in [6, 6.07) is 17.2. The van der Waals surface area contributed by atoms with Gasteiger partial charge in [0.2, 0.25) is 0 Å². The Hall–Kier alpha value is -2.21. The molecule has 0 fully saturated rings. The third-order valence-corrected chi connectivity index (χ3v) is 6.09. The second-order valence-corrected chi connectivity index (χ2v) is 7.93. The zero-order valence-electron chi connectivity index (χ0n) is 15.9. The van der Waals surface area contributed by atoms with Crippen LogP contribution in [-0.2, 0) is 24.3 Å². The fraction of sp³-hybridized carbons (Fsp3) is 0.273. The standard InChI is InChI=1S/C22H25N3OS/c1-4-13-25-21-11-10-17(23(2)27-18-8-6-5-7-9-18)15-19(21)20-16-24(26-3)14-12-22(20)25/h4-11,15H,1,12-14,16H2,2-3H3. The van der Waals surface area contributed by atoms with Crippen LogP contribution in [0.5, 0.6) is 0 Å². The summed E-state index contributed by atoms with van der Waals surface area (Å²) in [5, 5.41) is 3.35. The van der Waals surface area contributed by atoms with Crippen LogP contribution in [0.15, 0.2) is 66.1 Å². The Morgan fingerprint density at radius 2 is 2.04 bits per heavy atom. The van der Waals surface area contributed by atoms with Crippen LogP contribution >= 0.6 is 11.9 Å². The van der Waals surface area contributed by atoms with E-state index in [0.717, 1.165) is 26.1 Å². The number of nitrogens with zero attached hydrogens (tertiary/aromatic N) is 3. The summed E-state index contributed by atoms with van der Waals surface area (Å²) in [4.78, 5) is 6.75. The Bertz CT molecular complexity index is 951. The first kappa shape index (κ1) is 18.2. The van der Waals surface area contributed by atoms with Gasteiger partial charge in [-0.25, -0.2) is 0 Å². The molecule has 4 rings (SSSR count). The maximum Gasteiger partial charge on any atom is 0.0575 e. The molecule has 1 aliphatic rings. The first-order valence-corrected chi connectivity index (χ1v) is 9.99. The van der Waals surface area contributed by atoms with E-state index in [2.05, 4.69) is 65.0 Å². The quantitative estimate of drug-likeness (QED) is 0.449. The lowest BCUT2D eigenvalue weighted by atomic mass is 10.1. The van der Waals surface area contributed by atoms with Gasteiger partial charge >= 0.3 is 0 Å². The van der Waals surface area contributed by atoms with Crippen LogP contribution in [-0.4, -0.2) is 30.3 Å². The fourth-order valence-electron chi connectivity index (χ4n) is 3.79. The van der Waals surface area contributed by atoms with Gasteiger partial charge in [0.15, 0.2) is 0 Å². The van der Waals surface area contributed by atoms with Crippen molar-refractivity contribution in [1.29, 1.82) is 0 Å². The van der Waals surface area contributed by atoms with Crippen LogP contribution in [0.25, 0.3) is 10.9 Å². The molecular weight excluding hydrogens is 354 g/mol. The van der Waals surface area contributed by atoms with Gasteiger partial charge in [-0.2, -0.15) is 5.06 Å². The molecule has 0 unspecified atom stereocenters. The van der Waals surface area contributed by atoms with Crippen molar-refractivity contribution in [1.82, 2.24) is 9.63 Å². The minimum absolute atomic E-state index is 0.825. The van der Waals surface area contributed by atoms with Gasteiger partial charge in [0, 0.05) is 53.7 Å². The monoisotopic (exact) mass is 379 g/mol. The topological polar surface area (TPSA) is 20.6 Å². The van der Waals surface area contributed by atoms with Gasteiger partial charge in [-0.3, -0.25) is 0 Å². The number of anilines is 1. The molecule has 0 bridgehead atoms. The van der Waals surface area contributed by atoms with Gasteiger partial charge < -0.3 is 13.7 Å². The summed E-state index contributed by atoms with van der Waals surface area (Å²) in [6.45, 7) is 6.54. The highest BCUT2D eigenvalue weighted by molar-refractivity contribution is 8.00. The molecule has 2 aromatic carbocycles. The van der Waals surface area contributed by atoms with Crippen LogP contribution < -0.4 is 4.31 Å². The first-order valence-electron chi connectivity index (χ1n) is 9.22. The van der Waals surface area contributed by atoms with E-state index in [1.165, 1.54) is 32.7 Å². The van der Waals surface area contributed by atoms with Crippen molar-refractivity contribution < 1.29 is 4.84 Å². The molecule has 0 saturated heterocycles. The predicted octanol–water partition coefficient (Wildman–Crippen LogP) is 4.89. The zero-order valence-corrected chi connectivity index (χ0v) is 16.7. The molecular formula is C22H25N3OS. The van der Waals surface area contributed by atoms with Crippen molar-refractivity contribution in [3.63, 3.8) is 0 Å². The maximum absolute atomic E-state index is 5.51. The Balaban J connectivity index is 1.74. The summed E-state index contributed by atoms with van der Waals surface area (Å²) < 4.78 is 4.63. The molecule has 0 saturated carbocycles. The third-order valence-electron chi connectivity index (χ3n) is 5.12. The van der Waals surface area contributed by atoms with Gasteiger partial charge in [-0.05, 0) is 47.8 Å². The Morgan fingerprint density at radius 1 is 1.22 bits per heavy atom. The summed E-state index contributed by atoms with van der Waals surface area (Å²) in [5.41, 5.74) is 5.26. The number of rotatable bonds is 6. The highest BCUT2D eigenvalue weighted by atomic mass is 32.2. The summed E-state index contributed by atoms with van der Waals surface area (Å²) in [7, 11) is 3.87. The molecule has 0 amide bonds. The summed E-state index contributed by atoms with van der Waals surface area (Å²) in [5.74, 6) is 0. The second-order valence-electron chi connectivity index (χ2n) is 6.72. The maximum atomic E-state index is 5.51. The Kier molecular flexibility index (Phi) is 5.25. The minimum atomic E-state index is 0.825. The SMILES string of the molecule is C=CCn1c2c(c3cc(N(C)Sc4ccccc4)ccc31)CN(OC)CC2. The number of benzene rings is 2. The Morgan fingerprint density at radius 3 is 2.78 bits per heavy atom. The smallest absolute Gasteiger partial charge is 0.0575 e. The predicted molar refractivity (Wildman–Crippen MR) is 114 cm³/mol. The van der Waals surface area contributed by atoms with Crippen molar-refractivity contribution in [3.8, 4) is 0 Å². The Labute approximate surface area is 165 Å². The molecule has 27 heavy (non-hydrogen) atoms. The fourth-order valence-corrected chi connectivity index (χ4v) is 4.61. The molecule has 2 heterocycles. The number of fused-ring (bicyclic) bond motifs is 3. The normalized spacial score (nSPS) is 14.3. The van der Waals surface area contributed by atoms with Crippen molar-refractivity contribution in [3.05, 3.63) is 72.4 Å². The van der Waals surface area contributed by atoms with Crippen LogP contribution in [0, 0.1) is 0 Å². The molecule has 0 radical (unpaired) electrons. The first-order chi connectivity index (χ1) is 13.2. The molecule has 0 aliphatic carbocycles. The third kappa shape index (κ3) is 3.50. The number of hydrogen-bond acceptors (Lipinski definition) is 4.